The Labute approximate surface area is 140 Å². The molecule has 0 spiro atoms. The van der Waals surface area contributed by atoms with Gasteiger partial charge in [0.1, 0.15) is 0 Å². The number of H-pyrrole nitrogens is 1. The van der Waals surface area contributed by atoms with Gasteiger partial charge in [0.05, 0.1) is 11.0 Å². The van der Waals surface area contributed by atoms with Gasteiger partial charge < -0.3 is 19.9 Å². The molecule has 0 radical (unpaired) electrons. The molecule has 0 bridgehead atoms. The van der Waals surface area contributed by atoms with Crippen LogP contribution in [0.4, 0.5) is 0 Å². The average Bonchev–Trinajstić information content (AvgIpc) is 2.87. The van der Waals surface area contributed by atoms with Crippen LogP contribution < -0.4 is 11.0 Å². The van der Waals surface area contributed by atoms with E-state index in [1.807, 2.05) is 14.1 Å². The molecule has 24 heavy (non-hydrogen) atoms. The lowest BCUT2D eigenvalue weighted by Crippen LogP contribution is -2.55. The zero-order valence-corrected chi connectivity index (χ0v) is 14.4. The van der Waals surface area contributed by atoms with E-state index in [9.17, 15) is 9.59 Å². The number of aryl methyl sites for hydroxylation is 1. The molecule has 1 amide bonds. The molecule has 1 saturated heterocycles. The number of nitrogens with one attached hydrogen (secondary N) is 2. The van der Waals surface area contributed by atoms with Gasteiger partial charge in [-0.1, -0.05) is 0 Å². The molecule has 7 nitrogen and oxygen atoms in total. The van der Waals surface area contributed by atoms with Crippen LogP contribution in [0.2, 0.25) is 0 Å². The van der Waals surface area contributed by atoms with Gasteiger partial charge in [0.25, 0.3) is 5.91 Å². The van der Waals surface area contributed by atoms with E-state index in [4.69, 9.17) is 4.74 Å². The van der Waals surface area contributed by atoms with E-state index >= 15 is 0 Å². The van der Waals surface area contributed by atoms with E-state index in [-0.39, 0.29) is 17.1 Å². The minimum absolute atomic E-state index is 0.0704. The standard InChI is InChI=1S/C17H24N4O3/c1-20(2)17(6-8-24-9-7-17)11-18-15(22)12-4-5-14-13(10-12)19-16(23)21(14)3/h4-5,10H,6-9,11H2,1-3H3,(H,18,22)(H,19,23). The van der Waals surface area contributed by atoms with Crippen molar-refractivity contribution >= 4 is 16.9 Å². The second kappa shape index (κ2) is 6.41. The lowest BCUT2D eigenvalue weighted by atomic mass is 9.88. The molecule has 130 valence electrons. The van der Waals surface area contributed by atoms with Gasteiger partial charge in [-0.15, -0.1) is 0 Å². The number of aromatic nitrogens is 2. The molecule has 0 aliphatic carbocycles. The smallest absolute Gasteiger partial charge is 0.326 e. The van der Waals surface area contributed by atoms with Crippen LogP contribution in [0.5, 0.6) is 0 Å². The van der Waals surface area contributed by atoms with Crippen molar-refractivity contribution < 1.29 is 9.53 Å². The summed E-state index contributed by atoms with van der Waals surface area (Å²) in [4.78, 5) is 29.1. The van der Waals surface area contributed by atoms with Crippen LogP contribution in [-0.2, 0) is 11.8 Å². The van der Waals surface area contributed by atoms with Gasteiger partial charge in [-0.2, -0.15) is 0 Å². The Hall–Kier alpha value is -2.12. The van der Waals surface area contributed by atoms with Crippen LogP contribution in [0, 0.1) is 0 Å². The third kappa shape index (κ3) is 2.97. The molecule has 3 rings (SSSR count). The molecule has 7 heteroatoms. The first-order chi connectivity index (χ1) is 11.4. The maximum absolute atomic E-state index is 12.5. The first kappa shape index (κ1) is 16.7. The summed E-state index contributed by atoms with van der Waals surface area (Å²) in [6.45, 7) is 2.00. The first-order valence-electron chi connectivity index (χ1n) is 8.15. The monoisotopic (exact) mass is 332 g/mol. The maximum atomic E-state index is 12.5. The van der Waals surface area contributed by atoms with Crippen molar-refractivity contribution in [2.45, 2.75) is 18.4 Å². The van der Waals surface area contributed by atoms with Crippen molar-refractivity contribution in [3.05, 3.63) is 34.2 Å². The SMILES string of the molecule is CN(C)C1(CNC(=O)c2ccc3c(c2)[nH]c(=O)n3C)CCOCC1. The minimum atomic E-state index is -0.184. The number of rotatable bonds is 4. The summed E-state index contributed by atoms with van der Waals surface area (Å²) in [5.74, 6) is -0.130. The normalized spacial score (nSPS) is 17.3. The fourth-order valence-electron chi connectivity index (χ4n) is 3.26. The van der Waals surface area contributed by atoms with Gasteiger partial charge in [0, 0.05) is 37.9 Å². The van der Waals surface area contributed by atoms with Crippen molar-refractivity contribution in [3.8, 4) is 0 Å². The molecule has 1 fully saturated rings. The van der Waals surface area contributed by atoms with Gasteiger partial charge in [-0.05, 0) is 45.1 Å². The summed E-state index contributed by atoms with van der Waals surface area (Å²) in [7, 11) is 5.78. The number of carbonyl (C=O) groups excluding carboxylic acids is 1. The molecular formula is C17H24N4O3. The molecule has 1 aromatic heterocycles. The quantitative estimate of drug-likeness (QED) is 0.864. The van der Waals surface area contributed by atoms with Gasteiger partial charge in [0.15, 0.2) is 0 Å². The predicted octanol–water partition coefficient (Wildman–Crippen LogP) is 0.707. The fourth-order valence-corrected chi connectivity index (χ4v) is 3.26. The fraction of sp³-hybridized carbons (Fsp3) is 0.529. The number of imidazole rings is 1. The van der Waals surface area contributed by atoms with Crippen molar-refractivity contribution in [3.63, 3.8) is 0 Å². The predicted molar refractivity (Wildman–Crippen MR) is 92.3 cm³/mol. The number of nitrogens with zero attached hydrogens (tertiary/aromatic N) is 2. The van der Waals surface area contributed by atoms with E-state index in [0.29, 0.717) is 30.8 Å². The molecule has 2 N–H and O–H groups in total. The molecule has 0 unspecified atom stereocenters. The summed E-state index contributed by atoms with van der Waals surface area (Å²) >= 11 is 0. The van der Waals surface area contributed by atoms with Gasteiger partial charge in [0.2, 0.25) is 0 Å². The molecule has 1 aliphatic heterocycles. The van der Waals surface area contributed by atoms with Crippen LogP contribution in [0.15, 0.2) is 23.0 Å². The lowest BCUT2D eigenvalue weighted by molar-refractivity contribution is -0.00657. The number of aromatic amines is 1. The molecule has 2 heterocycles. The van der Waals surface area contributed by atoms with E-state index < -0.39 is 0 Å². The van der Waals surface area contributed by atoms with E-state index in [1.54, 1.807) is 25.2 Å². The molecule has 0 saturated carbocycles. The highest BCUT2D eigenvalue weighted by atomic mass is 16.5. The van der Waals surface area contributed by atoms with Crippen LogP contribution in [0.25, 0.3) is 11.0 Å². The van der Waals surface area contributed by atoms with Crippen molar-refractivity contribution in [2.24, 2.45) is 7.05 Å². The summed E-state index contributed by atoms with van der Waals surface area (Å²) in [6.07, 6.45) is 1.79. The summed E-state index contributed by atoms with van der Waals surface area (Å²) < 4.78 is 6.98. The molecule has 1 aromatic carbocycles. The van der Waals surface area contributed by atoms with E-state index in [2.05, 4.69) is 15.2 Å². The summed E-state index contributed by atoms with van der Waals surface area (Å²) in [6, 6.07) is 5.26. The number of hydrogen-bond acceptors (Lipinski definition) is 4. The topological polar surface area (TPSA) is 79.4 Å². The Morgan fingerprint density at radius 2 is 2.08 bits per heavy atom. The number of ether oxygens (including phenoxy) is 1. The summed E-state index contributed by atoms with van der Waals surface area (Å²) in [5.41, 5.74) is 1.75. The van der Waals surface area contributed by atoms with Crippen molar-refractivity contribution in [1.82, 2.24) is 19.8 Å². The number of carbonyl (C=O) groups is 1. The highest BCUT2D eigenvalue weighted by molar-refractivity contribution is 5.97. The molecule has 2 aromatic rings. The second-order valence-electron chi connectivity index (χ2n) is 6.63. The molecule has 1 aliphatic rings. The Bertz CT molecular complexity index is 800. The van der Waals surface area contributed by atoms with E-state index in [1.165, 1.54) is 4.57 Å². The largest absolute Gasteiger partial charge is 0.381 e. The number of likely N-dealkylation sites (N-methyl/N-ethyl adjacent to an activating group) is 1. The lowest BCUT2D eigenvalue weighted by Gasteiger charge is -2.42. The average molecular weight is 332 g/mol. The highest BCUT2D eigenvalue weighted by Gasteiger charge is 2.35. The van der Waals surface area contributed by atoms with Crippen LogP contribution >= 0.6 is 0 Å². The maximum Gasteiger partial charge on any atom is 0.326 e. The zero-order valence-electron chi connectivity index (χ0n) is 14.4. The van der Waals surface area contributed by atoms with Crippen molar-refractivity contribution in [2.75, 3.05) is 33.9 Å². The van der Waals surface area contributed by atoms with Gasteiger partial charge in [-0.25, -0.2) is 4.79 Å². The molecule has 0 atom stereocenters. The number of amides is 1. The van der Waals surface area contributed by atoms with Crippen molar-refractivity contribution in [1.29, 1.82) is 0 Å². The third-order valence-corrected chi connectivity index (χ3v) is 5.12. The first-order valence-corrected chi connectivity index (χ1v) is 8.15. The Kier molecular flexibility index (Phi) is 4.47. The van der Waals surface area contributed by atoms with Gasteiger partial charge >= 0.3 is 5.69 Å². The summed E-state index contributed by atoms with van der Waals surface area (Å²) in [5, 5.41) is 3.04. The highest BCUT2D eigenvalue weighted by Crippen LogP contribution is 2.25. The van der Waals surface area contributed by atoms with Crippen LogP contribution in [0.1, 0.15) is 23.2 Å². The Balaban J connectivity index is 1.76. The Morgan fingerprint density at radius 3 is 2.75 bits per heavy atom. The Morgan fingerprint density at radius 1 is 1.38 bits per heavy atom. The molecular weight excluding hydrogens is 308 g/mol. The van der Waals surface area contributed by atoms with Gasteiger partial charge in [-0.3, -0.25) is 9.36 Å². The van der Waals surface area contributed by atoms with Crippen LogP contribution in [0.3, 0.4) is 0 Å². The third-order valence-electron chi connectivity index (χ3n) is 5.12. The number of benzene rings is 1. The second-order valence-corrected chi connectivity index (χ2v) is 6.63. The minimum Gasteiger partial charge on any atom is -0.381 e. The number of fused-ring (bicyclic) bond motifs is 1. The van der Waals surface area contributed by atoms with E-state index in [0.717, 1.165) is 18.4 Å². The zero-order chi connectivity index (χ0) is 17.3. The number of hydrogen-bond donors (Lipinski definition) is 2. The van der Waals surface area contributed by atoms with Crippen LogP contribution in [-0.4, -0.2) is 59.8 Å².